The van der Waals surface area contributed by atoms with E-state index in [0.717, 1.165) is 0 Å². The van der Waals surface area contributed by atoms with Crippen LogP contribution in [0.1, 0.15) is 12.0 Å². The minimum atomic E-state index is -1.10. The number of nitrogens with zero attached hydrogens (tertiary/aromatic N) is 1. The van der Waals surface area contributed by atoms with Crippen LogP contribution < -0.4 is 0 Å². The average Bonchev–Trinajstić information content (AvgIpc) is 2.70. The fraction of sp³-hybridized carbons (Fsp3) is 0.200. The highest BCUT2D eigenvalue weighted by Crippen LogP contribution is 2.22. The lowest BCUT2D eigenvalue weighted by Crippen LogP contribution is -2.20. The topological polar surface area (TPSA) is 58.9 Å². The van der Waals surface area contributed by atoms with Crippen molar-refractivity contribution in [2.75, 3.05) is 0 Å². The van der Waals surface area contributed by atoms with Gasteiger partial charge in [-0.1, -0.05) is 21.1 Å². The number of carboxylic acids is 1. The first kappa shape index (κ1) is 11.1. The van der Waals surface area contributed by atoms with Crippen LogP contribution in [0.2, 0.25) is 0 Å². The molecule has 84 valence electrons. The Hall–Kier alpha value is -1.43. The number of rotatable bonds is 2. The number of carbonyl (C=O) groups is 1. The molecule has 0 fully saturated rings. The fourth-order valence-electron chi connectivity index (χ4n) is 1.39. The van der Waals surface area contributed by atoms with E-state index < -0.39 is 17.9 Å². The first-order valence-electron chi connectivity index (χ1n) is 4.49. The van der Waals surface area contributed by atoms with Gasteiger partial charge in [0, 0.05) is 16.5 Å². The molecule has 0 radical (unpaired) electrons. The van der Waals surface area contributed by atoms with E-state index in [2.05, 4.69) is 25.9 Å². The lowest BCUT2D eigenvalue weighted by atomic mass is 10.0. The molecular weight excluding hydrogens is 281 g/mol. The summed E-state index contributed by atoms with van der Waals surface area (Å²) in [6.07, 6.45) is -0.948. The van der Waals surface area contributed by atoms with Crippen molar-refractivity contribution in [3.8, 4) is 0 Å². The van der Waals surface area contributed by atoms with Crippen molar-refractivity contribution < 1.29 is 19.1 Å². The molecule has 6 heteroatoms. The van der Waals surface area contributed by atoms with E-state index in [1.165, 1.54) is 6.07 Å². The Morgan fingerprint density at radius 1 is 1.62 bits per heavy atom. The second-order valence-corrected chi connectivity index (χ2v) is 4.21. The van der Waals surface area contributed by atoms with E-state index in [-0.39, 0.29) is 12.0 Å². The average molecular weight is 288 g/mol. The molecule has 0 aliphatic carbocycles. The molecule has 0 saturated heterocycles. The summed E-state index contributed by atoms with van der Waals surface area (Å²) in [6, 6.07) is 4.39. The van der Waals surface area contributed by atoms with Crippen molar-refractivity contribution in [3.63, 3.8) is 0 Å². The van der Waals surface area contributed by atoms with E-state index in [4.69, 9.17) is 5.11 Å². The van der Waals surface area contributed by atoms with Crippen LogP contribution in [0, 0.1) is 5.82 Å². The Labute approximate surface area is 98.8 Å². The third kappa shape index (κ3) is 2.06. The largest absolute Gasteiger partial charge is 0.478 e. The molecule has 0 bridgehead atoms. The van der Waals surface area contributed by atoms with E-state index >= 15 is 0 Å². The van der Waals surface area contributed by atoms with Gasteiger partial charge in [0.05, 0.1) is 5.71 Å². The molecule has 0 amide bonds. The summed E-state index contributed by atoms with van der Waals surface area (Å²) >= 11 is 3.21. The smallest absolute Gasteiger partial charge is 0.348 e. The van der Waals surface area contributed by atoms with Gasteiger partial charge in [0.2, 0.25) is 6.10 Å². The maximum absolute atomic E-state index is 13.4. The number of oxime groups is 1. The molecular formula is C10H7BrFNO3. The van der Waals surface area contributed by atoms with Gasteiger partial charge in [-0.2, -0.15) is 0 Å². The van der Waals surface area contributed by atoms with Crippen LogP contribution in [0.5, 0.6) is 0 Å². The number of hydrogen-bond acceptors (Lipinski definition) is 3. The summed E-state index contributed by atoms with van der Waals surface area (Å²) in [6.45, 7) is 0. The van der Waals surface area contributed by atoms with Crippen LogP contribution in [0.4, 0.5) is 4.39 Å². The lowest BCUT2D eigenvalue weighted by Gasteiger charge is -2.02. The van der Waals surface area contributed by atoms with E-state index in [0.29, 0.717) is 10.2 Å². The van der Waals surface area contributed by atoms with Crippen LogP contribution in [0.15, 0.2) is 27.8 Å². The Balaban J connectivity index is 2.27. The SMILES string of the molecule is O=C(O)C1CC(c2cc(Br)ccc2F)=NO1. The third-order valence-corrected chi connectivity index (χ3v) is 2.68. The molecule has 1 N–H and O–H groups in total. The Kier molecular flexibility index (Phi) is 2.91. The molecule has 1 heterocycles. The third-order valence-electron chi connectivity index (χ3n) is 2.18. The van der Waals surface area contributed by atoms with Crippen molar-refractivity contribution in [1.82, 2.24) is 0 Å². The molecule has 1 aromatic carbocycles. The first-order chi connectivity index (χ1) is 7.58. The zero-order chi connectivity index (χ0) is 11.7. The van der Waals surface area contributed by atoms with E-state index in [9.17, 15) is 9.18 Å². The van der Waals surface area contributed by atoms with Gasteiger partial charge in [0.1, 0.15) is 5.82 Å². The van der Waals surface area contributed by atoms with Crippen molar-refractivity contribution >= 4 is 27.6 Å². The van der Waals surface area contributed by atoms with Crippen LogP contribution >= 0.6 is 15.9 Å². The number of carboxylic acid groups (broad SMARTS) is 1. The highest BCUT2D eigenvalue weighted by Gasteiger charge is 2.29. The zero-order valence-electron chi connectivity index (χ0n) is 7.98. The minimum absolute atomic E-state index is 0.0721. The molecule has 1 aliphatic heterocycles. The van der Waals surface area contributed by atoms with Gasteiger partial charge in [-0.25, -0.2) is 9.18 Å². The van der Waals surface area contributed by atoms with Crippen LogP contribution in [0.25, 0.3) is 0 Å². The lowest BCUT2D eigenvalue weighted by molar-refractivity contribution is -0.148. The normalized spacial score (nSPS) is 19.1. The summed E-state index contributed by atoms with van der Waals surface area (Å²) in [7, 11) is 0. The Bertz CT molecular complexity index is 475. The Morgan fingerprint density at radius 3 is 3.00 bits per heavy atom. The monoisotopic (exact) mass is 287 g/mol. The quantitative estimate of drug-likeness (QED) is 0.907. The fourth-order valence-corrected chi connectivity index (χ4v) is 1.75. The highest BCUT2D eigenvalue weighted by molar-refractivity contribution is 9.10. The molecule has 16 heavy (non-hydrogen) atoms. The highest BCUT2D eigenvalue weighted by atomic mass is 79.9. The molecule has 1 unspecified atom stereocenters. The van der Waals surface area contributed by atoms with Crippen LogP contribution in [0.3, 0.4) is 0 Å². The van der Waals surface area contributed by atoms with E-state index in [1.807, 2.05) is 0 Å². The minimum Gasteiger partial charge on any atom is -0.478 e. The molecule has 0 spiro atoms. The molecule has 2 rings (SSSR count). The maximum Gasteiger partial charge on any atom is 0.348 e. The molecule has 0 saturated carbocycles. The molecule has 1 aromatic rings. The van der Waals surface area contributed by atoms with Crippen molar-refractivity contribution in [3.05, 3.63) is 34.1 Å². The van der Waals surface area contributed by atoms with Gasteiger partial charge in [0.25, 0.3) is 0 Å². The van der Waals surface area contributed by atoms with Gasteiger partial charge >= 0.3 is 5.97 Å². The van der Waals surface area contributed by atoms with Crippen molar-refractivity contribution in [2.45, 2.75) is 12.5 Å². The summed E-state index contributed by atoms with van der Waals surface area (Å²) in [5.41, 5.74) is 0.573. The van der Waals surface area contributed by atoms with Crippen molar-refractivity contribution in [2.24, 2.45) is 5.16 Å². The predicted octanol–water partition coefficient (Wildman–Crippen LogP) is 2.17. The molecule has 4 nitrogen and oxygen atoms in total. The second-order valence-electron chi connectivity index (χ2n) is 3.30. The summed E-state index contributed by atoms with van der Waals surface area (Å²) in [5.74, 6) is -1.55. The summed E-state index contributed by atoms with van der Waals surface area (Å²) in [5, 5.41) is 12.3. The number of hydrogen-bond donors (Lipinski definition) is 1. The standard InChI is InChI=1S/C10H7BrFNO3/c11-5-1-2-7(12)6(3-5)8-4-9(10(14)15)16-13-8/h1-3,9H,4H2,(H,14,15). The van der Waals surface area contributed by atoms with E-state index in [1.54, 1.807) is 12.1 Å². The zero-order valence-corrected chi connectivity index (χ0v) is 9.57. The van der Waals surface area contributed by atoms with Crippen LogP contribution in [-0.2, 0) is 9.63 Å². The molecule has 0 aromatic heterocycles. The predicted molar refractivity (Wildman–Crippen MR) is 57.8 cm³/mol. The summed E-state index contributed by atoms with van der Waals surface area (Å²) < 4.78 is 14.1. The first-order valence-corrected chi connectivity index (χ1v) is 5.28. The van der Waals surface area contributed by atoms with Gasteiger partial charge in [-0.05, 0) is 18.2 Å². The van der Waals surface area contributed by atoms with Gasteiger partial charge in [-0.3, -0.25) is 0 Å². The number of halogens is 2. The number of benzene rings is 1. The van der Waals surface area contributed by atoms with Crippen molar-refractivity contribution in [1.29, 1.82) is 0 Å². The molecule has 1 atom stereocenters. The maximum atomic E-state index is 13.4. The second kappa shape index (κ2) is 4.21. The van der Waals surface area contributed by atoms with Gasteiger partial charge < -0.3 is 9.94 Å². The molecule has 1 aliphatic rings. The van der Waals surface area contributed by atoms with Crippen LogP contribution in [-0.4, -0.2) is 22.9 Å². The number of aliphatic carboxylic acids is 1. The van der Waals surface area contributed by atoms with Gasteiger partial charge in [-0.15, -0.1) is 0 Å². The Morgan fingerprint density at radius 2 is 2.38 bits per heavy atom. The van der Waals surface area contributed by atoms with Gasteiger partial charge in [0.15, 0.2) is 0 Å². The summed E-state index contributed by atoms with van der Waals surface area (Å²) in [4.78, 5) is 15.3.